The highest BCUT2D eigenvalue weighted by Crippen LogP contribution is 2.15. The van der Waals surface area contributed by atoms with Crippen LogP contribution in [0.1, 0.15) is 13.0 Å². The molecule has 0 amide bonds. The molecule has 2 aromatic carbocycles. The average molecular weight is 280 g/mol. The fraction of sp³-hybridized carbons (Fsp3) is 0.111. The van der Waals surface area contributed by atoms with Gasteiger partial charge in [0.25, 0.3) is 0 Å². The minimum absolute atomic E-state index is 0.191. The summed E-state index contributed by atoms with van der Waals surface area (Å²) in [6, 6.07) is 16.0. The summed E-state index contributed by atoms with van der Waals surface area (Å²) >= 11 is 0. The van der Waals surface area contributed by atoms with E-state index in [9.17, 15) is 9.90 Å². The van der Waals surface area contributed by atoms with Gasteiger partial charge in [-0.05, 0) is 29.1 Å². The van der Waals surface area contributed by atoms with Gasteiger partial charge >= 0.3 is 0 Å². The second-order valence-electron chi connectivity index (χ2n) is 5.03. The predicted molar refractivity (Wildman–Crippen MR) is 81.1 cm³/mol. The number of fused-ring (bicyclic) bond motifs is 1. The molecule has 0 fully saturated rings. The van der Waals surface area contributed by atoms with Crippen LogP contribution in [0.2, 0.25) is 0 Å². The zero-order chi connectivity index (χ0) is 15.5. The van der Waals surface area contributed by atoms with E-state index < -0.39 is 12.3 Å². The first-order valence-electron chi connectivity index (χ1n) is 7.31. The van der Waals surface area contributed by atoms with E-state index in [1.165, 1.54) is 0 Å². The molecule has 0 spiro atoms. The lowest BCUT2D eigenvalue weighted by atomic mass is 10.1. The van der Waals surface area contributed by atoms with Crippen molar-refractivity contribution in [2.75, 3.05) is 0 Å². The number of phenols is 1. The van der Waals surface area contributed by atoms with Crippen molar-refractivity contribution in [3.05, 3.63) is 72.6 Å². The summed E-state index contributed by atoms with van der Waals surface area (Å²) in [6.45, 7) is 0. The summed E-state index contributed by atoms with van der Waals surface area (Å²) in [5.41, 5.74) is 0.907. The lowest BCUT2D eigenvalue weighted by molar-refractivity contribution is -0.706. The van der Waals surface area contributed by atoms with Crippen LogP contribution < -0.4 is 4.57 Å². The summed E-state index contributed by atoms with van der Waals surface area (Å²) < 4.78 is 9.35. The second-order valence-corrected chi connectivity index (χ2v) is 5.03. The van der Waals surface area contributed by atoms with E-state index in [-0.39, 0.29) is 5.75 Å². The van der Waals surface area contributed by atoms with Gasteiger partial charge in [-0.2, -0.15) is 4.57 Å². The first kappa shape index (κ1) is 12.1. The van der Waals surface area contributed by atoms with Gasteiger partial charge in [0, 0.05) is 17.9 Å². The van der Waals surface area contributed by atoms with Crippen LogP contribution in [0.3, 0.4) is 0 Å². The Hall–Kier alpha value is -2.68. The standard InChI is InChI=1S/C18H15NO2/c20-13-17(11-14-5-7-18(21)8-6-14)19-10-9-15-3-1-2-4-16(15)12-19/h1-10,12-13,17H,11H2/p+1/t17-/m0/s1/i13T. The van der Waals surface area contributed by atoms with Crippen molar-refractivity contribution < 1.29 is 15.8 Å². The van der Waals surface area contributed by atoms with Gasteiger partial charge in [0.2, 0.25) is 6.04 Å². The Morgan fingerprint density at radius 3 is 2.52 bits per heavy atom. The molecule has 3 heteroatoms. The first-order valence-corrected chi connectivity index (χ1v) is 6.81. The fourth-order valence-electron chi connectivity index (χ4n) is 2.41. The van der Waals surface area contributed by atoms with Crippen LogP contribution in [0.25, 0.3) is 10.8 Å². The van der Waals surface area contributed by atoms with Crippen molar-refractivity contribution in [3.63, 3.8) is 0 Å². The molecule has 1 N–H and O–H groups in total. The maximum Gasteiger partial charge on any atom is 0.217 e. The summed E-state index contributed by atoms with van der Waals surface area (Å²) in [7, 11) is 0. The highest BCUT2D eigenvalue weighted by Gasteiger charge is 2.18. The third-order valence-electron chi connectivity index (χ3n) is 3.57. The number of hydrogen-bond donors (Lipinski definition) is 1. The number of aromatic nitrogens is 1. The molecule has 3 rings (SSSR count). The van der Waals surface area contributed by atoms with Crippen LogP contribution in [0.15, 0.2) is 67.0 Å². The number of carbonyl (C=O) groups excluding carboxylic acids is 1. The smallest absolute Gasteiger partial charge is 0.217 e. The van der Waals surface area contributed by atoms with Gasteiger partial charge in [-0.15, -0.1) is 0 Å². The second kappa shape index (κ2) is 5.75. The van der Waals surface area contributed by atoms with Crippen LogP contribution >= 0.6 is 0 Å². The molecular weight excluding hydrogens is 262 g/mol. The number of hydrogen-bond acceptors (Lipinski definition) is 2. The molecule has 0 unspecified atom stereocenters. The lowest BCUT2D eigenvalue weighted by Crippen LogP contribution is -2.41. The molecule has 0 radical (unpaired) electrons. The van der Waals surface area contributed by atoms with Gasteiger partial charge in [-0.25, -0.2) is 0 Å². The normalized spacial score (nSPS) is 12.9. The van der Waals surface area contributed by atoms with E-state index in [4.69, 9.17) is 1.37 Å². The minimum atomic E-state index is -0.631. The summed E-state index contributed by atoms with van der Waals surface area (Å²) in [4.78, 5) is 11.7. The number of phenolic OH excluding ortho intramolecular Hbond substituents is 1. The molecule has 21 heavy (non-hydrogen) atoms. The van der Waals surface area contributed by atoms with Crippen molar-refractivity contribution in [3.8, 4) is 5.75 Å². The van der Waals surface area contributed by atoms with E-state index in [1.807, 2.05) is 42.7 Å². The minimum Gasteiger partial charge on any atom is -0.508 e. The van der Waals surface area contributed by atoms with E-state index >= 15 is 0 Å². The molecular formula is C18H16NO2+. The Bertz CT molecular complexity index is 815. The number of aldehydes is 1. The van der Waals surface area contributed by atoms with Gasteiger partial charge < -0.3 is 5.11 Å². The maximum absolute atomic E-state index is 11.7. The summed E-state index contributed by atoms with van der Waals surface area (Å²) in [5.74, 6) is 0.191. The Balaban J connectivity index is 1.95. The first-order chi connectivity index (χ1) is 10.6. The number of nitrogens with zero attached hydrogens (tertiary/aromatic N) is 1. The quantitative estimate of drug-likeness (QED) is 0.590. The fourth-order valence-corrected chi connectivity index (χ4v) is 2.41. The maximum atomic E-state index is 11.7. The number of aromatic hydroxyl groups is 1. The molecule has 0 aliphatic heterocycles. The molecule has 0 aliphatic rings. The van der Waals surface area contributed by atoms with Crippen molar-refractivity contribution in [1.82, 2.24) is 0 Å². The van der Waals surface area contributed by atoms with E-state index in [2.05, 4.69) is 0 Å². The third-order valence-corrected chi connectivity index (χ3v) is 3.57. The number of pyridine rings is 1. The van der Waals surface area contributed by atoms with Crippen LogP contribution in [-0.2, 0) is 11.2 Å². The predicted octanol–water partition coefficient (Wildman–Crippen LogP) is 2.82. The molecule has 3 aromatic rings. The Morgan fingerprint density at radius 2 is 1.81 bits per heavy atom. The topological polar surface area (TPSA) is 41.2 Å². The summed E-state index contributed by atoms with van der Waals surface area (Å²) in [5, 5.41) is 11.5. The highest BCUT2D eigenvalue weighted by molar-refractivity contribution is 5.80. The molecule has 0 aliphatic carbocycles. The molecule has 3 nitrogen and oxygen atoms in total. The van der Waals surface area contributed by atoms with Gasteiger partial charge in [0.05, 0.1) is 0 Å². The monoisotopic (exact) mass is 280 g/mol. The molecule has 0 saturated heterocycles. The van der Waals surface area contributed by atoms with Crippen molar-refractivity contribution in [2.45, 2.75) is 12.5 Å². The largest absolute Gasteiger partial charge is 0.508 e. The molecule has 104 valence electrons. The van der Waals surface area contributed by atoms with Gasteiger partial charge in [-0.1, -0.05) is 30.3 Å². The summed E-state index contributed by atoms with van der Waals surface area (Å²) in [6.07, 6.45) is 3.52. The molecule has 1 aromatic heterocycles. The van der Waals surface area contributed by atoms with E-state index in [0.29, 0.717) is 6.42 Å². The van der Waals surface area contributed by atoms with E-state index in [0.717, 1.165) is 16.3 Å². The van der Waals surface area contributed by atoms with Gasteiger partial charge in [0.15, 0.2) is 18.7 Å². The number of benzene rings is 2. The Kier molecular flexibility index (Phi) is 3.31. The Labute approximate surface area is 124 Å². The zero-order valence-corrected chi connectivity index (χ0v) is 11.4. The third kappa shape index (κ3) is 2.92. The van der Waals surface area contributed by atoms with Gasteiger partial charge in [0.1, 0.15) is 7.12 Å². The molecule has 0 saturated carbocycles. The lowest BCUT2D eigenvalue weighted by Gasteiger charge is -2.07. The van der Waals surface area contributed by atoms with Crippen LogP contribution in [0.5, 0.6) is 5.75 Å². The molecule has 1 atom stereocenters. The highest BCUT2D eigenvalue weighted by atomic mass is 16.3. The molecule has 0 bridgehead atoms. The van der Waals surface area contributed by atoms with Crippen LogP contribution in [-0.4, -0.2) is 11.4 Å². The van der Waals surface area contributed by atoms with Crippen molar-refractivity contribution in [1.29, 1.82) is 0 Å². The SMILES string of the molecule is [3H]C(=O)[C@H](Cc1ccc(O)cc1)[n+]1ccc2ccccc2c1. The van der Waals surface area contributed by atoms with Crippen LogP contribution in [0.4, 0.5) is 0 Å². The van der Waals surface area contributed by atoms with Crippen molar-refractivity contribution >= 4 is 17.0 Å². The van der Waals surface area contributed by atoms with Crippen LogP contribution in [0, 0.1) is 0 Å². The molecule has 1 heterocycles. The van der Waals surface area contributed by atoms with E-state index in [1.54, 1.807) is 28.8 Å². The Morgan fingerprint density at radius 1 is 1.10 bits per heavy atom. The van der Waals surface area contributed by atoms with Gasteiger partial charge in [-0.3, -0.25) is 4.79 Å². The number of rotatable bonds is 4. The number of carbonyl (C=O) groups is 1. The zero-order valence-electron chi connectivity index (χ0n) is 12.4. The average Bonchev–Trinajstić information content (AvgIpc) is 2.53. The van der Waals surface area contributed by atoms with Crippen molar-refractivity contribution in [2.24, 2.45) is 0 Å².